The Morgan fingerprint density at radius 1 is 1.21 bits per heavy atom. The fraction of sp³-hybridized carbons (Fsp3) is 0.476. The summed E-state index contributed by atoms with van der Waals surface area (Å²) in [5.41, 5.74) is 0.478. The van der Waals surface area contributed by atoms with Crippen molar-refractivity contribution in [1.82, 2.24) is 9.62 Å². The molecule has 1 aromatic heterocycles. The first-order valence-electron chi connectivity index (χ1n) is 10.6. The number of morpholine rings is 1. The summed E-state index contributed by atoms with van der Waals surface area (Å²) in [6.45, 7) is 5.63. The van der Waals surface area contributed by atoms with E-state index in [1.54, 1.807) is 26.2 Å². The largest absolute Gasteiger partial charge is 0.468 e. The first-order valence-corrected chi connectivity index (χ1v) is 13.7. The van der Waals surface area contributed by atoms with Crippen LogP contribution in [0.2, 0.25) is 0 Å². The number of anilines is 1. The van der Waals surface area contributed by atoms with Gasteiger partial charge in [0.2, 0.25) is 26.0 Å². The molecule has 180 valence electrons. The Labute approximate surface area is 193 Å². The van der Waals surface area contributed by atoms with E-state index in [2.05, 4.69) is 9.62 Å². The molecule has 0 spiro atoms. The molecule has 2 aliphatic heterocycles. The number of amides is 1. The number of benzene rings is 1. The van der Waals surface area contributed by atoms with E-state index in [9.17, 15) is 21.6 Å². The number of nitrogens with one attached hydrogen (secondary N) is 1. The van der Waals surface area contributed by atoms with Crippen molar-refractivity contribution < 1.29 is 30.8 Å². The van der Waals surface area contributed by atoms with Gasteiger partial charge in [0.05, 0.1) is 47.8 Å². The highest BCUT2D eigenvalue weighted by Gasteiger charge is 2.42. The third-order valence-electron chi connectivity index (χ3n) is 5.87. The highest BCUT2D eigenvalue weighted by atomic mass is 32.2. The van der Waals surface area contributed by atoms with E-state index in [1.807, 2.05) is 6.07 Å². The standard InChI is InChI=1S/C21H27N3O7S2/c1-15-12-17(24-21(25)16(2)14-32(24,26)27)5-6-20(15)33(28,29)22-13-18(19-4-3-9-31-19)23-7-10-30-11-8-23/h3-6,9,12,16,18,22H,7-8,10-11,13-14H2,1-2H3/t16-,18+/m1/s1. The van der Waals surface area contributed by atoms with Gasteiger partial charge >= 0.3 is 0 Å². The molecule has 1 N–H and O–H groups in total. The molecule has 33 heavy (non-hydrogen) atoms. The van der Waals surface area contributed by atoms with Gasteiger partial charge in [-0.05, 0) is 42.8 Å². The predicted octanol–water partition coefficient (Wildman–Crippen LogP) is 1.25. The predicted molar refractivity (Wildman–Crippen MR) is 121 cm³/mol. The van der Waals surface area contributed by atoms with Crippen molar-refractivity contribution in [3.05, 3.63) is 47.9 Å². The Kier molecular flexibility index (Phi) is 6.65. The Morgan fingerprint density at radius 3 is 2.52 bits per heavy atom. The Hall–Kier alpha value is -2.25. The lowest BCUT2D eigenvalue weighted by molar-refractivity contribution is -0.119. The van der Waals surface area contributed by atoms with Crippen LogP contribution in [0.25, 0.3) is 0 Å². The monoisotopic (exact) mass is 497 g/mol. The SMILES string of the molecule is Cc1cc(N2C(=O)[C@H](C)CS2(=O)=O)ccc1S(=O)(=O)NC[C@@H](c1ccco1)N1CCOCC1. The van der Waals surface area contributed by atoms with Crippen LogP contribution in [-0.2, 0) is 29.6 Å². The van der Waals surface area contributed by atoms with Crippen molar-refractivity contribution in [3.8, 4) is 0 Å². The van der Waals surface area contributed by atoms with Crippen molar-refractivity contribution in [2.45, 2.75) is 24.8 Å². The molecule has 2 aliphatic rings. The lowest BCUT2D eigenvalue weighted by Gasteiger charge is -2.33. The molecular weight excluding hydrogens is 470 g/mol. The second-order valence-electron chi connectivity index (χ2n) is 8.26. The Balaban J connectivity index is 1.55. The Morgan fingerprint density at radius 2 is 1.94 bits per heavy atom. The number of ether oxygens (including phenoxy) is 1. The normalized spacial score (nSPS) is 22.5. The maximum atomic E-state index is 13.1. The maximum Gasteiger partial charge on any atom is 0.244 e. The van der Waals surface area contributed by atoms with Gasteiger partial charge in [-0.15, -0.1) is 0 Å². The number of sulfonamides is 2. The molecule has 0 bridgehead atoms. The average Bonchev–Trinajstić information content (AvgIpc) is 3.35. The minimum Gasteiger partial charge on any atom is -0.468 e. The van der Waals surface area contributed by atoms with Gasteiger partial charge in [-0.2, -0.15) is 0 Å². The summed E-state index contributed by atoms with van der Waals surface area (Å²) in [6, 6.07) is 7.36. The van der Waals surface area contributed by atoms with Crippen molar-refractivity contribution >= 4 is 31.6 Å². The van der Waals surface area contributed by atoms with Gasteiger partial charge in [-0.25, -0.2) is 25.9 Å². The lowest BCUT2D eigenvalue weighted by Crippen LogP contribution is -2.43. The molecule has 0 aliphatic carbocycles. The highest BCUT2D eigenvalue weighted by molar-refractivity contribution is 7.94. The van der Waals surface area contributed by atoms with Gasteiger partial charge in [0, 0.05) is 19.6 Å². The number of carbonyl (C=O) groups excluding carboxylic acids is 1. The zero-order valence-corrected chi connectivity index (χ0v) is 20.1. The van der Waals surface area contributed by atoms with E-state index in [4.69, 9.17) is 9.15 Å². The van der Waals surface area contributed by atoms with Gasteiger partial charge < -0.3 is 9.15 Å². The molecule has 3 heterocycles. The van der Waals surface area contributed by atoms with Gasteiger partial charge in [-0.3, -0.25) is 9.69 Å². The van der Waals surface area contributed by atoms with Crippen molar-refractivity contribution in [2.24, 2.45) is 5.92 Å². The van der Waals surface area contributed by atoms with Crippen LogP contribution in [-0.4, -0.2) is 66.2 Å². The number of nitrogens with zero attached hydrogens (tertiary/aromatic N) is 2. The molecule has 2 aromatic rings. The first-order chi connectivity index (χ1) is 15.6. The molecule has 2 atom stereocenters. The van der Waals surface area contributed by atoms with E-state index >= 15 is 0 Å². The fourth-order valence-electron chi connectivity index (χ4n) is 4.19. The molecule has 12 heteroatoms. The number of carbonyl (C=O) groups is 1. The minimum absolute atomic E-state index is 0.0171. The molecule has 10 nitrogen and oxygen atoms in total. The zero-order chi connectivity index (χ0) is 23.8. The van der Waals surface area contributed by atoms with Gasteiger partial charge in [0.15, 0.2) is 0 Å². The lowest BCUT2D eigenvalue weighted by atomic mass is 10.2. The zero-order valence-electron chi connectivity index (χ0n) is 18.4. The van der Waals surface area contributed by atoms with Crippen molar-refractivity contribution in [2.75, 3.05) is 42.9 Å². The fourth-order valence-corrected chi connectivity index (χ4v) is 7.27. The van der Waals surface area contributed by atoms with E-state index in [0.717, 1.165) is 4.31 Å². The summed E-state index contributed by atoms with van der Waals surface area (Å²) in [6.07, 6.45) is 1.55. The molecule has 0 unspecified atom stereocenters. The molecule has 1 amide bonds. The molecule has 2 fully saturated rings. The quantitative estimate of drug-likeness (QED) is 0.606. The molecule has 1 aromatic carbocycles. The van der Waals surface area contributed by atoms with E-state index in [-0.39, 0.29) is 28.9 Å². The van der Waals surface area contributed by atoms with Crippen molar-refractivity contribution in [1.29, 1.82) is 0 Å². The summed E-state index contributed by atoms with van der Waals surface area (Å²) in [7, 11) is -7.68. The van der Waals surface area contributed by atoms with Crippen LogP contribution in [0, 0.1) is 12.8 Å². The van der Waals surface area contributed by atoms with Crippen LogP contribution in [0.15, 0.2) is 45.9 Å². The summed E-state index contributed by atoms with van der Waals surface area (Å²) >= 11 is 0. The summed E-state index contributed by atoms with van der Waals surface area (Å²) in [4.78, 5) is 14.5. The molecule has 0 saturated carbocycles. The van der Waals surface area contributed by atoms with Gasteiger partial charge in [0.25, 0.3) is 0 Å². The topological polar surface area (TPSA) is 126 Å². The smallest absolute Gasteiger partial charge is 0.244 e. The van der Waals surface area contributed by atoms with E-state index in [1.165, 1.54) is 18.2 Å². The minimum atomic E-state index is -3.91. The van der Waals surface area contributed by atoms with Crippen LogP contribution >= 0.6 is 0 Å². The molecular formula is C21H27N3O7S2. The summed E-state index contributed by atoms with van der Waals surface area (Å²) < 4.78 is 65.3. The van der Waals surface area contributed by atoms with Crippen LogP contribution in [0.4, 0.5) is 5.69 Å². The third kappa shape index (κ3) is 4.85. The number of hydrogen-bond acceptors (Lipinski definition) is 8. The van der Waals surface area contributed by atoms with Gasteiger partial charge in [-0.1, -0.05) is 6.92 Å². The van der Waals surface area contributed by atoms with Crippen LogP contribution in [0.1, 0.15) is 24.3 Å². The first kappa shape index (κ1) is 23.9. The molecule has 4 rings (SSSR count). The van der Waals surface area contributed by atoms with Crippen molar-refractivity contribution in [3.63, 3.8) is 0 Å². The summed E-state index contributed by atoms with van der Waals surface area (Å²) in [5.74, 6) is -0.769. The average molecular weight is 498 g/mol. The Bertz CT molecular complexity index is 1220. The second-order valence-corrected chi connectivity index (χ2v) is 11.9. The van der Waals surface area contributed by atoms with Crippen LogP contribution in [0.3, 0.4) is 0 Å². The number of furan rings is 1. The van der Waals surface area contributed by atoms with Crippen LogP contribution in [0.5, 0.6) is 0 Å². The highest BCUT2D eigenvalue weighted by Crippen LogP contribution is 2.31. The van der Waals surface area contributed by atoms with E-state index in [0.29, 0.717) is 37.6 Å². The number of rotatable bonds is 7. The molecule has 0 radical (unpaired) electrons. The maximum absolute atomic E-state index is 13.1. The second kappa shape index (κ2) is 9.18. The molecule has 2 saturated heterocycles. The number of hydrogen-bond donors (Lipinski definition) is 1. The number of aryl methyl sites for hydroxylation is 1. The van der Waals surface area contributed by atoms with Crippen LogP contribution < -0.4 is 9.03 Å². The van der Waals surface area contributed by atoms with Gasteiger partial charge in [0.1, 0.15) is 5.76 Å². The third-order valence-corrected chi connectivity index (χ3v) is 9.32. The van der Waals surface area contributed by atoms with E-state index < -0.39 is 31.9 Å². The summed E-state index contributed by atoms with van der Waals surface area (Å²) in [5, 5.41) is 0.